The van der Waals surface area contributed by atoms with E-state index in [1.54, 1.807) is 25.9 Å². The van der Waals surface area contributed by atoms with Crippen molar-refractivity contribution in [2.75, 3.05) is 20.3 Å². The summed E-state index contributed by atoms with van der Waals surface area (Å²) in [4.78, 5) is 26.0. The van der Waals surface area contributed by atoms with E-state index in [1.165, 1.54) is 0 Å². The summed E-state index contributed by atoms with van der Waals surface area (Å²) >= 11 is 0. The van der Waals surface area contributed by atoms with E-state index in [0.29, 0.717) is 19.6 Å². The molecule has 0 aliphatic carbocycles. The molecule has 18 heavy (non-hydrogen) atoms. The predicted molar refractivity (Wildman–Crippen MR) is 69.1 cm³/mol. The van der Waals surface area contributed by atoms with Gasteiger partial charge in [0, 0.05) is 13.7 Å². The lowest BCUT2D eigenvalue weighted by Crippen LogP contribution is -2.68. The first-order valence-electron chi connectivity index (χ1n) is 6.47. The van der Waals surface area contributed by atoms with E-state index in [2.05, 4.69) is 5.32 Å². The number of amides is 2. The van der Waals surface area contributed by atoms with Crippen LogP contribution in [0.5, 0.6) is 0 Å². The number of carbonyl (C=O) groups is 2. The molecule has 1 aliphatic rings. The first-order valence-corrected chi connectivity index (χ1v) is 6.47. The Morgan fingerprint density at radius 3 is 2.61 bits per heavy atom. The van der Waals surface area contributed by atoms with Crippen LogP contribution in [0.25, 0.3) is 0 Å². The zero-order valence-corrected chi connectivity index (χ0v) is 11.9. The van der Waals surface area contributed by atoms with Crippen LogP contribution in [0.3, 0.4) is 0 Å². The summed E-state index contributed by atoms with van der Waals surface area (Å²) in [5.74, 6) is 0.136. The number of hydrogen-bond acceptors (Lipinski definition) is 3. The van der Waals surface area contributed by atoms with Crippen molar-refractivity contribution in [3.05, 3.63) is 0 Å². The first kappa shape index (κ1) is 15.0. The molecule has 0 aromatic heterocycles. The Labute approximate surface area is 109 Å². The Balaban J connectivity index is 2.85. The molecular formula is C13H24N2O3. The smallest absolute Gasteiger partial charge is 0.248 e. The topological polar surface area (TPSA) is 58.6 Å². The van der Waals surface area contributed by atoms with E-state index in [4.69, 9.17) is 4.74 Å². The molecule has 3 unspecified atom stereocenters. The van der Waals surface area contributed by atoms with E-state index in [-0.39, 0.29) is 17.7 Å². The maximum Gasteiger partial charge on any atom is 0.248 e. The van der Waals surface area contributed by atoms with Crippen LogP contribution in [0.2, 0.25) is 0 Å². The third-order valence-corrected chi connectivity index (χ3v) is 3.65. The van der Waals surface area contributed by atoms with Gasteiger partial charge in [0.15, 0.2) is 0 Å². The van der Waals surface area contributed by atoms with E-state index in [1.807, 2.05) is 13.8 Å². The second kappa shape index (κ2) is 5.69. The molecule has 0 aromatic rings. The van der Waals surface area contributed by atoms with Gasteiger partial charge in [0.05, 0.1) is 6.61 Å². The fourth-order valence-corrected chi connectivity index (χ4v) is 2.22. The molecule has 0 radical (unpaired) electrons. The highest BCUT2D eigenvalue weighted by atomic mass is 16.5. The molecule has 104 valence electrons. The molecule has 1 aliphatic heterocycles. The molecule has 3 atom stereocenters. The Morgan fingerprint density at radius 1 is 1.50 bits per heavy atom. The summed E-state index contributed by atoms with van der Waals surface area (Å²) in [6, 6.07) is -0.406. The fraction of sp³-hybridized carbons (Fsp3) is 0.846. The summed E-state index contributed by atoms with van der Waals surface area (Å²) in [5, 5.41) is 2.82. The average Bonchev–Trinajstić information content (AvgIpc) is 2.32. The van der Waals surface area contributed by atoms with Crippen LogP contribution in [0.1, 0.15) is 34.1 Å². The largest absolute Gasteiger partial charge is 0.384 e. The number of ether oxygens (including phenoxy) is 1. The zero-order valence-electron chi connectivity index (χ0n) is 11.9. The maximum absolute atomic E-state index is 12.4. The van der Waals surface area contributed by atoms with Gasteiger partial charge in [-0.15, -0.1) is 0 Å². The van der Waals surface area contributed by atoms with Crippen molar-refractivity contribution in [1.29, 1.82) is 0 Å². The summed E-state index contributed by atoms with van der Waals surface area (Å²) in [6.45, 7) is 8.61. The third kappa shape index (κ3) is 2.83. The Bertz CT molecular complexity index is 332. The first-order chi connectivity index (χ1) is 8.35. The van der Waals surface area contributed by atoms with Crippen LogP contribution >= 0.6 is 0 Å². The normalized spacial score (nSPS) is 30.3. The number of methoxy groups -OCH3 is 1. The number of nitrogens with zero attached hydrogens (tertiary/aromatic N) is 1. The van der Waals surface area contributed by atoms with Crippen LogP contribution in [0.4, 0.5) is 0 Å². The summed E-state index contributed by atoms with van der Waals surface area (Å²) < 4.78 is 5.08. The van der Waals surface area contributed by atoms with E-state index in [0.717, 1.165) is 0 Å². The number of piperazine rings is 1. The van der Waals surface area contributed by atoms with E-state index >= 15 is 0 Å². The second-order valence-corrected chi connectivity index (χ2v) is 5.37. The van der Waals surface area contributed by atoms with Crippen molar-refractivity contribution in [3.63, 3.8) is 0 Å². The molecule has 1 heterocycles. The van der Waals surface area contributed by atoms with Crippen LogP contribution in [0.15, 0.2) is 0 Å². The maximum atomic E-state index is 12.4. The molecule has 0 spiro atoms. The highest BCUT2D eigenvalue weighted by Gasteiger charge is 2.45. The molecule has 0 saturated carbocycles. The number of hydrogen-bond donors (Lipinski definition) is 1. The third-order valence-electron chi connectivity index (χ3n) is 3.65. The van der Waals surface area contributed by atoms with Crippen LogP contribution in [-0.2, 0) is 14.3 Å². The standard InChI is InChI=1S/C13H24N2O3/c1-6-13(4)12(17)15(7-9(2)8-18-5)10(3)11(16)14-13/h9-10H,6-8H2,1-5H3,(H,14,16). The minimum absolute atomic E-state index is 0.0000491. The summed E-state index contributed by atoms with van der Waals surface area (Å²) in [5.41, 5.74) is -0.767. The highest BCUT2D eigenvalue weighted by molar-refractivity contribution is 5.99. The SMILES string of the molecule is CCC1(C)NC(=O)C(C)N(CC(C)COC)C1=O. The molecule has 1 saturated heterocycles. The van der Waals surface area contributed by atoms with Crippen molar-refractivity contribution in [2.24, 2.45) is 5.92 Å². The van der Waals surface area contributed by atoms with Gasteiger partial charge in [0.2, 0.25) is 11.8 Å². The van der Waals surface area contributed by atoms with Gasteiger partial charge < -0.3 is 15.0 Å². The van der Waals surface area contributed by atoms with Crippen molar-refractivity contribution >= 4 is 11.8 Å². The van der Waals surface area contributed by atoms with Gasteiger partial charge in [-0.25, -0.2) is 0 Å². The molecule has 1 N–H and O–H groups in total. The number of rotatable bonds is 5. The lowest BCUT2D eigenvalue weighted by Gasteiger charge is -2.43. The lowest BCUT2D eigenvalue weighted by atomic mass is 9.91. The van der Waals surface area contributed by atoms with Gasteiger partial charge in [-0.2, -0.15) is 0 Å². The summed E-state index contributed by atoms with van der Waals surface area (Å²) in [7, 11) is 1.64. The average molecular weight is 256 g/mol. The Morgan fingerprint density at radius 2 is 2.11 bits per heavy atom. The van der Waals surface area contributed by atoms with Gasteiger partial charge in [-0.3, -0.25) is 9.59 Å². The molecule has 5 heteroatoms. The summed E-state index contributed by atoms with van der Waals surface area (Å²) in [6.07, 6.45) is 0.597. The Hall–Kier alpha value is -1.10. The molecular weight excluding hydrogens is 232 g/mol. The van der Waals surface area contributed by atoms with Gasteiger partial charge in [-0.1, -0.05) is 13.8 Å². The van der Waals surface area contributed by atoms with Gasteiger partial charge in [0.1, 0.15) is 11.6 Å². The van der Waals surface area contributed by atoms with Crippen molar-refractivity contribution in [3.8, 4) is 0 Å². The minimum atomic E-state index is -0.767. The molecule has 0 bridgehead atoms. The number of nitrogens with one attached hydrogen (secondary N) is 1. The Kier molecular flexibility index (Phi) is 4.73. The molecule has 2 amide bonds. The van der Waals surface area contributed by atoms with E-state index < -0.39 is 11.6 Å². The van der Waals surface area contributed by atoms with Crippen molar-refractivity contribution < 1.29 is 14.3 Å². The van der Waals surface area contributed by atoms with Gasteiger partial charge >= 0.3 is 0 Å². The predicted octanol–water partition coefficient (Wildman–Crippen LogP) is 0.784. The minimum Gasteiger partial charge on any atom is -0.384 e. The van der Waals surface area contributed by atoms with Crippen molar-refractivity contribution in [1.82, 2.24) is 10.2 Å². The molecule has 0 aromatic carbocycles. The quantitative estimate of drug-likeness (QED) is 0.791. The van der Waals surface area contributed by atoms with Crippen molar-refractivity contribution in [2.45, 2.75) is 45.7 Å². The lowest BCUT2D eigenvalue weighted by molar-refractivity contribution is -0.154. The number of carbonyl (C=O) groups excluding carboxylic acids is 2. The van der Waals surface area contributed by atoms with Gasteiger partial charge in [-0.05, 0) is 26.2 Å². The second-order valence-electron chi connectivity index (χ2n) is 5.37. The van der Waals surface area contributed by atoms with Crippen LogP contribution in [0, 0.1) is 5.92 Å². The zero-order chi connectivity index (χ0) is 13.9. The highest BCUT2D eigenvalue weighted by Crippen LogP contribution is 2.22. The monoisotopic (exact) mass is 256 g/mol. The molecule has 1 rings (SSSR count). The molecule has 5 nitrogen and oxygen atoms in total. The van der Waals surface area contributed by atoms with Crippen LogP contribution < -0.4 is 5.32 Å². The van der Waals surface area contributed by atoms with Gasteiger partial charge in [0.25, 0.3) is 0 Å². The van der Waals surface area contributed by atoms with Crippen LogP contribution in [-0.4, -0.2) is 48.6 Å². The fourth-order valence-electron chi connectivity index (χ4n) is 2.22. The van der Waals surface area contributed by atoms with E-state index in [9.17, 15) is 9.59 Å². The molecule has 1 fully saturated rings.